The number of nitrogens with zero attached hydrogens (tertiary/aromatic N) is 3. The van der Waals surface area contributed by atoms with Crippen LogP contribution < -0.4 is 0 Å². The third-order valence-corrected chi connectivity index (χ3v) is 3.25. The lowest BCUT2D eigenvalue weighted by Crippen LogP contribution is -2.35. The molecule has 0 fully saturated rings. The summed E-state index contributed by atoms with van der Waals surface area (Å²) in [6.45, 7) is 1.70. The van der Waals surface area contributed by atoms with E-state index in [-0.39, 0.29) is 25.4 Å². The summed E-state index contributed by atoms with van der Waals surface area (Å²) in [5.74, 6) is -0.180. The number of carbonyl (C=O) groups is 2. The van der Waals surface area contributed by atoms with Gasteiger partial charge in [-0.1, -0.05) is 35.5 Å². The molecule has 7 heteroatoms. The molecule has 0 bridgehead atoms. The number of hydrogen-bond donors (Lipinski definition) is 1. The lowest BCUT2D eigenvalue weighted by Gasteiger charge is -2.20. The number of aliphatic carboxylic acids is 1. The van der Waals surface area contributed by atoms with Crippen molar-refractivity contribution in [3.05, 3.63) is 47.6 Å². The minimum absolute atomic E-state index is 0.201. The monoisotopic (exact) mass is 317 g/mol. The van der Waals surface area contributed by atoms with E-state index in [9.17, 15) is 9.59 Å². The van der Waals surface area contributed by atoms with Gasteiger partial charge in [-0.05, 0) is 18.9 Å². The summed E-state index contributed by atoms with van der Waals surface area (Å²) in [7, 11) is 0. The number of benzene rings is 1. The van der Waals surface area contributed by atoms with E-state index in [1.54, 1.807) is 6.92 Å². The van der Waals surface area contributed by atoms with E-state index in [0.29, 0.717) is 24.6 Å². The van der Waals surface area contributed by atoms with Gasteiger partial charge in [-0.15, -0.1) is 0 Å². The highest BCUT2D eigenvalue weighted by Crippen LogP contribution is 2.09. The fourth-order valence-electron chi connectivity index (χ4n) is 2.19. The molecule has 122 valence electrons. The highest BCUT2D eigenvalue weighted by molar-refractivity contribution is 5.81. The van der Waals surface area contributed by atoms with Crippen molar-refractivity contribution in [2.75, 3.05) is 6.54 Å². The number of aromatic nitrogens is 2. The molecule has 1 aromatic heterocycles. The summed E-state index contributed by atoms with van der Waals surface area (Å²) in [5.41, 5.74) is 0.898. The van der Waals surface area contributed by atoms with Gasteiger partial charge in [0.05, 0.1) is 0 Å². The maximum absolute atomic E-state index is 12.3. The Morgan fingerprint density at radius 1 is 1.26 bits per heavy atom. The van der Waals surface area contributed by atoms with E-state index in [0.717, 1.165) is 5.56 Å². The van der Waals surface area contributed by atoms with Crippen LogP contribution in [-0.2, 0) is 22.6 Å². The van der Waals surface area contributed by atoms with Crippen molar-refractivity contribution < 1.29 is 19.2 Å². The summed E-state index contributed by atoms with van der Waals surface area (Å²) in [4.78, 5) is 28.7. The number of carboxylic acid groups (broad SMARTS) is 1. The highest BCUT2D eigenvalue weighted by atomic mass is 16.5. The van der Waals surface area contributed by atoms with Gasteiger partial charge in [0.2, 0.25) is 11.8 Å². The molecule has 0 radical (unpaired) electrons. The molecule has 0 saturated carbocycles. The second-order valence-electron chi connectivity index (χ2n) is 5.22. The molecule has 23 heavy (non-hydrogen) atoms. The van der Waals surface area contributed by atoms with Gasteiger partial charge >= 0.3 is 5.97 Å². The van der Waals surface area contributed by atoms with Crippen molar-refractivity contribution in [3.63, 3.8) is 0 Å². The topological polar surface area (TPSA) is 96.5 Å². The zero-order chi connectivity index (χ0) is 16.7. The predicted molar refractivity (Wildman–Crippen MR) is 81.5 cm³/mol. The average molecular weight is 317 g/mol. The molecule has 2 rings (SSSR count). The Balaban J connectivity index is 1.89. The second-order valence-corrected chi connectivity index (χ2v) is 5.22. The molecule has 0 aliphatic rings. The van der Waals surface area contributed by atoms with Crippen LogP contribution in [0.2, 0.25) is 0 Å². The van der Waals surface area contributed by atoms with Crippen LogP contribution in [0.4, 0.5) is 0 Å². The van der Waals surface area contributed by atoms with Crippen molar-refractivity contribution >= 4 is 11.9 Å². The van der Waals surface area contributed by atoms with Crippen LogP contribution >= 0.6 is 0 Å². The maximum Gasteiger partial charge on any atom is 0.323 e. The first-order valence-electron chi connectivity index (χ1n) is 7.37. The molecule has 2 aromatic rings. The molecule has 7 nitrogen and oxygen atoms in total. The van der Waals surface area contributed by atoms with Gasteiger partial charge in [0.25, 0.3) is 0 Å². The van der Waals surface area contributed by atoms with Crippen molar-refractivity contribution in [1.82, 2.24) is 15.0 Å². The Bertz CT molecular complexity index is 654. The number of rotatable bonds is 8. The van der Waals surface area contributed by atoms with Crippen LogP contribution in [-0.4, -0.2) is 38.6 Å². The van der Waals surface area contributed by atoms with Crippen LogP contribution in [0.5, 0.6) is 0 Å². The van der Waals surface area contributed by atoms with Crippen LogP contribution in [0.25, 0.3) is 0 Å². The Morgan fingerprint density at radius 2 is 2.00 bits per heavy atom. The first-order valence-corrected chi connectivity index (χ1v) is 7.37. The summed E-state index contributed by atoms with van der Waals surface area (Å²) in [6, 6.07) is 9.32. The highest BCUT2D eigenvalue weighted by Gasteiger charge is 2.17. The van der Waals surface area contributed by atoms with E-state index in [4.69, 9.17) is 9.63 Å². The molecule has 0 aliphatic carbocycles. The third kappa shape index (κ3) is 5.54. The summed E-state index contributed by atoms with van der Waals surface area (Å²) in [5, 5.41) is 12.7. The standard InChI is InChI=1S/C16H19N3O4/c1-12-17-14(23-18-12)8-5-9-15(20)19(11-16(21)22)10-13-6-3-2-4-7-13/h2-4,6-7H,5,8-11H2,1H3,(H,21,22). The smallest absolute Gasteiger partial charge is 0.323 e. The number of amides is 1. The van der Waals surface area contributed by atoms with Gasteiger partial charge in [-0.2, -0.15) is 4.98 Å². The Morgan fingerprint density at radius 3 is 2.61 bits per heavy atom. The zero-order valence-electron chi connectivity index (χ0n) is 12.9. The van der Waals surface area contributed by atoms with E-state index >= 15 is 0 Å². The molecular formula is C16H19N3O4. The Hall–Kier alpha value is -2.70. The molecule has 0 unspecified atom stereocenters. The molecule has 0 aliphatic heterocycles. The van der Waals surface area contributed by atoms with E-state index in [2.05, 4.69) is 10.1 Å². The Labute approximate surface area is 133 Å². The predicted octanol–water partition coefficient (Wildman–Crippen LogP) is 1.81. The van der Waals surface area contributed by atoms with Gasteiger partial charge in [0.15, 0.2) is 5.82 Å². The Kier molecular flexibility index (Phi) is 5.85. The first-order chi connectivity index (χ1) is 11.0. The van der Waals surface area contributed by atoms with E-state index < -0.39 is 5.97 Å². The van der Waals surface area contributed by atoms with Gasteiger partial charge in [-0.3, -0.25) is 9.59 Å². The average Bonchev–Trinajstić information content (AvgIpc) is 2.92. The molecule has 0 saturated heterocycles. The number of carboxylic acids is 1. The second kappa shape index (κ2) is 8.07. The van der Waals surface area contributed by atoms with Crippen molar-refractivity contribution in [2.24, 2.45) is 0 Å². The molecule has 1 aromatic carbocycles. The lowest BCUT2D eigenvalue weighted by atomic mass is 10.1. The minimum Gasteiger partial charge on any atom is -0.480 e. The van der Waals surface area contributed by atoms with Crippen LogP contribution in [0.1, 0.15) is 30.1 Å². The molecule has 1 amide bonds. The van der Waals surface area contributed by atoms with Gasteiger partial charge in [0.1, 0.15) is 6.54 Å². The summed E-state index contributed by atoms with van der Waals surface area (Å²) < 4.78 is 4.99. The zero-order valence-corrected chi connectivity index (χ0v) is 12.9. The van der Waals surface area contributed by atoms with Crippen LogP contribution in [0, 0.1) is 6.92 Å². The van der Waals surface area contributed by atoms with Crippen molar-refractivity contribution in [2.45, 2.75) is 32.7 Å². The van der Waals surface area contributed by atoms with E-state index in [1.165, 1.54) is 4.90 Å². The van der Waals surface area contributed by atoms with Crippen molar-refractivity contribution in [1.29, 1.82) is 0 Å². The third-order valence-electron chi connectivity index (χ3n) is 3.25. The number of hydrogen-bond acceptors (Lipinski definition) is 5. The maximum atomic E-state index is 12.3. The number of carbonyl (C=O) groups excluding carboxylic acids is 1. The summed E-state index contributed by atoms with van der Waals surface area (Å²) in [6.07, 6.45) is 1.27. The fourth-order valence-corrected chi connectivity index (χ4v) is 2.19. The van der Waals surface area contributed by atoms with Gasteiger partial charge in [-0.25, -0.2) is 0 Å². The lowest BCUT2D eigenvalue weighted by molar-refractivity contribution is -0.145. The van der Waals surface area contributed by atoms with Crippen molar-refractivity contribution in [3.8, 4) is 0 Å². The molecule has 1 heterocycles. The molecule has 0 atom stereocenters. The van der Waals surface area contributed by atoms with Gasteiger partial charge in [0, 0.05) is 19.4 Å². The molecule has 1 N–H and O–H groups in total. The SMILES string of the molecule is Cc1noc(CCCC(=O)N(CC(=O)O)Cc2ccccc2)n1. The quantitative estimate of drug-likeness (QED) is 0.797. The molecular weight excluding hydrogens is 298 g/mol. The van der Waals surface area contributed by atoms with Gasteiger partial charge < -0.3 is 14.5 Å². The largest absolute Gasteiger partial charge is 0.480 e. The van der Waals surface area contributed by atoms with E-state index in [1.807, 2.05) is 30.3 Å². The number of aryl methyl sites for hydroxylation is 2. The molecule has 0 spiro atoms. The first kappa shape index (κ1) is 16.7. The normalized spacial score (nSPS) is 10.5. The summed E-state index contributed by atoms with van der Waals surface area (Å²) >= 11 is 0. The minimum atomic E-state index is -1.03. The fraction of sp³-hybridized carbons (Fsp3) is 0.375. The van der Waals surface area contributed by atoms with Crippen LogP contribution in [0.15, 0.2) is 34.9 Å². The van der Waals surface area contributed by atoms with Crippen LogP contribution in [0.3, 0.4) is 0 Å².